The van der Waals surface area contributed by atoms with Crippen LogP contribution in [-0.2, 0) is 6.18 Å². The molecule has 0 heterocycles. The molecule has 0 saturated carbocycles. The fourth-order valence-electron chi connectivity index (χ4n) is 1.90. The van der Waals surface area contributed by atoms with E-state index in [-0.39, 0.29) is 11.7 Å². The third kappa shape index (κ3) is 4.73. The second-order valence-electron chi connectivity index (χ2n) is 4.99. The highest BCUT2D eigenvalue weighted by Crippen LogP contribution is 2.31. The van der Waals surface area contributed by atoms with Crippen LogP contribution in [0.1, 0.15) is 39.2 Å². The Bertz CT molecular complexity index is 414. The second-order valence-corrected chi connectivity index (χ2v) is 4.99. The molecule has 0 radical (unpaired) electrons. The number of benzene rings is 1. The van der Waals surface area contributed by atoms with Gasteiger partial charge >= 0.3 is 6.18 Å². The Hall–Kier alpha value is -1.26. The van der Waals surface area contributed by atoms with Gasteiger partial charge < -0.3 is 5.32 Å². The van der Waals surface area contributed by atoms with Crippen molar-refractivity contribution in [2.45, 2.75) is 45.8 Å². The molecule has 0 saturated heterocycles. The van der Waals surface area contributed by atoms with Crippen molar-refractivity contribution in [3.8, 4) is 0 Å². The molecule has 0 bridgehead atoms. The molecule has 0 aliphatic carbocycles. The predicted octanol–water partition coefficient (Wildman–Crippen LogP) is 5.08. The average molecular weight is 277 g/mol. The molecule has 0 amide bonds. The average Bonchev–Trinajstić information content (AvgIpc) is 2.30. The normalized spacial score (nSPS) is 15.1. The summed E-state index contributed by atoms with van der Waals surface area (Å²) in [5, 5.41) is 2.91. The van der Waals surface area contributed by atoms with E-state index in [1.807, 2.05) is 6.92 Å². The van der Waals surface area contributed by atoms with Crippen molar-refractivity contribution in [1.82, 2.24) is 0 Å². The Morgan fingerprint density at radius 3 is 2.32 bits per heavy atom. The minimum Gasteiger partial charge on any atom is -0.380 e. The summed E-state index contributed by atoms with van der Waals surface area (Å²) in [4.78, 5) is 0. The molecule has 1 nitrogen and oxygen atoms in total. The molecule has 0 fully saturated rings. The molecule has 19 heavy (non-hydrogen) atoms. The Labute approximate surface area is 111 Å². The topological polar surface area (TPSA) is 12.0 Å². The van der Waals surface area contributed by atoms with E-state index in [9.17, 15) is 17.6 Å². The number of hydrogen-bond acceptors (Lipinski definition) is 1. The first-order chi connectivity index (χ1) is 8.74. The Morgan fingerprint density at radius 1 is 1.21 bits per heavy atom. The van der Waals surface area contributed by atoms with Crippen LogP contribution in [0, 0.1) is 11.7 Å². The first-order valence-corrected chi connectivity index (χ1v) is 6.37. The van der Waals surface area contributed by atoms with Crippen molar-refractivity contribution in [1.29, 1.82) is 0 Å². The van der Waals surface area contributed by atoms with Crippen LogP contribution in [0.2, 0.25) is 0 Å². The molecule has 0 spiro atoms. The van der Waals surface area contributed by atoms with Gasteiger partial charge in [0.15, 0.2) is 0 Å². The summed E-state index contributed by atoms with van der Waals surface area (Å²) in [6, 6.07) is 2.58. The number of nitrogens with one attached hydrogen (secondary N) is 1. The molecule has 1 aromatic rings. The molecule has 0 aliphatic rings. The maximum absolute atomic E-state index is 13.6. The quantitative estimate of drug-likeness (QED) is 0.740. The van der Waals surface area contributed by atoms with Crippen LogP contribution in [-0.4, -0.2) is 6.04 Å². The summed E-state index contributed by atoms with van der Waals surface area (Å²) in [6.45, 7) is 6.04. The maximum atomic E-state index is 13.6. The van der Waals surface area contributed by atoms with Gasteiger partial charge in [-0.1, -0.05) is 20.3 Å². The van der Waals surface area contributed by atoms with E-state index in [1.165, 1.54) is 0 Å². The monoisotopic (exact) mass is 277 g/mol. The smallest absolute Gasteiger partial charge is 0.380 e. The lowest BCUT2D eigenvalue weighted by molar-refractivity contribution is -0.137. The zero-order chi connectivity index (χ0) is 14.6. The van der Waals surface area contributed by atoms with Crippen LogP contribution in [0.4, 0.5) is 23.2 Å². The number of rotatable bonds is 5. The predicted molar refractivity (Wildman–Crippen MR) is 68.6 cm³/mol. The van der Waals surface area contributed by atoms with Gasteiger partial charge in [-0.2, -0.15) is 13.2 Å². The van der Waals surface area contributed by atoms with E-state index in [0.29, 0.717) is 12.0 Å². The summed E-state index contributed by atoms with van der Waals surface area (Å²) < 4.78 is 50.8. The Balaban J connectivity index is 2.75. The summed E-state index contributed by atoms with van der Waals surface area (Å²) in [5.74, 6) is -0.383. The molecule has 1 N–H and O–H groups in total. The molecular weight excluding hydrogens is 258 g/mol. The fraction of sp³-hybridized carbons (Fsp3) is 0.571. The molecule has 2 unspecified atom stereocenters. The highest BCUT2D eigenvalue weighted by molar-refractivity contribution is 5.47. The Morgan fingerprint density at radius 2 is 1.84 bits per heavy atom. The van der Waals surface area contributed by atoms with Crippen LogP contribution in [0.5, 0.6) is 0 Å². The van der Waals surface area contributed by atoms with Gasteiger partial charge in [0.05, 0.1) is 11.3 Å². The van der Waals surface area contributed by atoms with E-state index in [0.717, 1.165) is 25.0 Å². The van der Waals surface area contributed by atoms with Crippen molar-refractivity contribution in [2.24, 2.45) is 5.92 Å². The first kappa shape index (κ1) is 15.8. The third-order valence-corrected chi connectivity index (χ3v) is 3.15. The molecule has 1 aromatic carbocycles. The van der Waals surface area contributed by atoms with Crippen LogP contribution in [0.25, 0.3) is 0 Å². The molecule has 5 heteroatoms. The minimum atomic E-state index is -4.51. The number of halogens is 4. The standard InChI is InChI=1S/C14H19F4N/c1-4-9(2)7-10(3)19-13-6-5-11(8-12(13)15)14(16,17)18/h5-6,8-10,19H,4,7H2,1-3H3. The third-order valence-electron chi connectivity index (χ3n) is 3.15. The van der Waals surface area contributed by atoms with Crippen molar-refractivity contribution in [3.63, 3.8) is 0 Å². The van der Waals surface area contributed by atoms with Gasteiger partial charge in [-0.3, -0.25) is 0 Å². The van der Waals surface area contributed by atoms with Crippen molar-refractivity contribution in [2.75, 3.05) is 5.32 Å². The second kappa shape index (κ2) is 6.26. The van der Waals surface area contributed by atoms with E-state index in [1.54, 1.807) is 0 Å². The molecular formula is C14H19F4N. The molecule has 108 valence electrons. The summed E-state index contributed by atoms with van der Waals surface area (Å²) in [7, 11) is 0. The highest BCUT2D eigenvalue weighted by Gasteiger charge is 2.31. The number of anilines is 1. The Kier molecular flexibility index (Phi) is 5.20. The first-order valence-electron chi connectivity index (χ1n) is 6.37. The maximum Gasteiger partial charge on any atom is 0.416 e. The van der Waals surface area contributed by atoms with Gasteiger partial charge in [-0.05, 0) is 37.5 Å². The van der Waals surface area contributed by atoms with Crippen molar-refractivity contribution < 1.29 is 17.6 Å². The van der Waals surface area contributed by atoms with Gasteiger partial charge in [0.1, 0.15) is 5.82 Å². The van der Waals surface area contributed by atoms with E-state index < -0.39 is 17.6 Å². The van der Waals surface area contributed by atoms with E-state index >= 15 is 0 Å². The van der Waals surface area contributed by atoms with Crippen molar-refractivity contribution in [3.05, 3.63) is 29.6 Å². The van der Waals surface area contributed by atoms with Crippen LogP contribution >= 0.6 is 0 Å². The molecule has 0 aliphatic heterocycles. The van der Waals surface area contributed by atoms with E-state index in [4.69, 9.17) is 0 Å². The molecule has 0 aromatic heterocycles. The van der Waals surface area contributed by atoms with Crippen LogP contribution in [0.15, 0.2) is 18.2 Å². The van der Waals surface area contributed by atoms with Crippen molar-refractivity contribution >= 4 is 5.69 Å². The highest BCUT2D eigenvalue weighted by atomic mass is 19.4. The summed E-state index contributed by atoms with van der Waals surface area (Å²) in [6.07, 6.45) is -2.65. The fourth-order valence-corrected chi connectivity index (χ4v) is 1.90. The lowest BCUT2D eigenvalue weighted by Gasteiger charge is -2.19. The zero-order valence-corrected chi connectivity index (χ0v) is 11.3. The molecule has 2 atom stereocenters. The SMILES string of the molecule is CCC(C)CC(C)Nc1ccc(C(F)(F)F)cc1F. The van der Waals surface area contributed by atoms with Gasteiger partial charge in [-0.15, -0.1) is 0 Å². The zero-order valence-electron chi connectivity index (χ0n) is 11.3. The summed E-state index contributed by atoms with van der Waals surface area (Å²) in [5.41, 5.74) is -0.853. The van der Waals surface area contributed by atoms with Crippen LogP contribution < -0.4 is 5.32 Å². The van der Waals surface area contributed by atoms with Gasteiger partial charge in [0.2, 0.25) is 0 Å². The lowest BCUT2D eigenvalue weighted by Crippen LogP contribution is -2.19. The minimum absolute atomic E-state index is 0.0150. The number of alkyl halides is 3. The lowest BCUT2D eigenvalue weighted by atomic mass is 10.00. The van der Waals surface area contributed by atoms with Gasteiger partial charge in [0.25, 0.3) is 0 Å². The van der Waals surface area contributed by atoms with Crippen LogP contribution in [0.3, 0.4) is 0 Å². The molecule has 1 rings (SSSR count). The summed E-state index contributed by atoms with van der Waals surface area (Å²) >= 11 is 0. The largest absolute Gasteiger partial charge is 0.416 e. The van der Waals surface area contributed by atoms with E-state index in [2.05, 4.69) is 19.2 Å². The van der Waals surface area contributed by atoms with Gasteiger partial charge in [0, 0.05) is 6.04 Å². The van der Waals surface area contributed by atoms with Gasteiger partial charge in [-0.25, -0.2) is 4.39 Å². The number of hydrogen-bond donors (Lipinski definition) is 1.